The van der Waals surface area contributed by atoms with E-state index >= 15 is 0 Å². The molecule has 1 aromatic heterocycles. The maximum absolute atomic E-state index is 12.0. The lowest BCUT2D eigenvalue weighted by molar-refractivity contribution is -0.0222. The van der Waals surface area contributed by atoms with Crippen molar-refractivity contribution in [3.05, 3.63) is 17.5 Å². The van der Waals surface area contributed by atoms with Crippen molar-refractivity contribution in [1.29, 1.82) is 0 Å². The maximum atomic E-state index is 12.0. The van der Waals surface area contributed by atoms with Crippen LogP contribution in [0.15, 0.2) is 10.6 Å². The second-order valence-corrected chi connectivity index (χ2v) is 7.14. The number of rotatable bonds is 6. The Morgan fingerprint density at radius 1 is 1.60 bits per heavy atom. The van der Waals surface area contributed by atoms with Gasteiger partial charge < -0.3 is 14.9 Å². The van der Waals surface area contributed by atoms with Gasteiger partial charge in [-0.25, -0.2) is 0 Å². The Labute approximate surface area is 122 Å². The first-order chi connectivity index (χ1) is 9.62. The molecule has 110 valence electrons. The second kappa shape index (κ2) is 5.41. The summed E-state index contributed by atoms with van der Waals surface area (Å²) in [4.78, 5) is 12.0. The highest BCUT2D eigenvalue weighted by Gasteiger charge is 2.45. The van der Waals surface area contributed by atoms with E-state index in [0.29, 0.717) is 11.6 Å². The number of aromatic nitrogens is 1. The lowest BCUT2D eigenvalue weighted by atomic mass is 9.79. The van der Waals surface area contributed by atoms with Crippen LogP contribution in [0.25, 0.3) is 0 Å². The summed E-state index contributed by atoms with van der Waals surface area (Å²) >= 11 is 1.75. The van der Waals surface area contributed by atoms with E-state index < -0.39 is 5.60 Å². The van der Waals surface area contributed by atoms with Crippen LogP contribution >= 0.6 is 11.8 Å². The molecule has 0 aliphatic heterocycles. The molecule has 0 saturated heterocycles. The number of nitrogens with one attached hydrogen (secondary N) is 1. The number of hydrogen-bond acceptors (Lipinski definition) is 5. The van der Waals surface area contributed by atoms with E-state index in [9.17, 15) is 9.90 Å². The van der Waals surface area contributed by atoms with Crippen LogP contribution in [0.2, 0.25) is 0 Å². The third-order valence-corrected chi connectivity index (χ3v) is 5.51. The van der Waals surface area contributed by atoms with Gasteiger partial charge in [-0.3, -0.25) is 4.79 Å². The van der Waals surface area contributed by atoms with Crippen LogP contribution in [-0.2, 0) is 0 Å². The van der Waals surface area contributed by atoms with Crippen molar-refractivity contribution >= 4 is 17.7 Å². The standard InChI is InChI=1S/C14H20N2O3S/c1-2-20-12-5-6-14(12,18)8-15-13(17)10-7-11(19-16-10)9-3-4-9/h7,9,12,18H,2-6,8H2,1H3,(H,15,17)/t12-,14-/m0/s1. The molecule has 0 bridgehead atoms. The molecule has 1 aromatic rings. The Hall–Kier alpha value is -1.01. The topological polar surface area (TPSA) is 75.4 Å². The van der Waals surface area contributed by atoms with Gasteiger partial charge in [0, 0.05) is 23.8 Å². The van der Waals surface area contributed by atoms with E-state index in [2.05, 4.69) is 17.4 Å². The van der Waals surface area contributed by atoms with Gasteiger partial charge in [0.2, 0.25) is 0 Å². The lowest BCUT2D eigenvalue weighted by Crippen LogP contribution is -2.57. The fourth-order valence-corrected chi connectivity index (χ4v) is 3.72. The fraction of sp³-hybridized carbons (Fsp3) is 0.714. The molecule has 5 nitrogen and oxygen atoms in total. The summed E-state index contributed by atoms with van der Waals surface area (Å²) in [6.45, 7) is 2.37. The van der Waals surface area contributed by atoms with Crippen molar-refractivity contribution in [2.75, 3.05) is 12.3 Å². The monoisotopic (exact) mass is 296 g/mol. The molecule has 3 rings (SSSR count). The molecule has 0 aromatic carbocycles. The Morgan fingerprint density at radius 3 is 3.00 bits per heavy atom. The third-order valence-electron chi connectivity index (χ3n) is 4.10. The van der Waals surface area contributed by atoms with E-state index in [-0.39, 0.29) is 17.7 Å². The lowest BCUT2D eigenvalue weighted by Gasteiger charge is -2.44. The van der Waals surface area contributed by atoms with E-state index in [1.807, 2.05) is 0 Å². The minimum absolute atomic E-state index is 0.229. The number of carbonyl (C=O) groups excluding carboxylic acids is 1. The molecular formula is C14H20N2O3S. The summed E-state index contributed by atoms with van der Waals surface area (Å²) in [5.41, 5.74) is -0.450. The van der Waals surface area contributed by atoms with E-state index in [1.54, 1.807) is 17.8 Å². The number of carbonyl (C=O) groups is 1. The first kappa shape index (κ1) is 13.9. The normalized spacial score (nSPS) is 29.0. The Kier molecular flexibility index (Phi) is 3.77. The molecule has 6 heteroatoms. The molecule has 2 aliphatic carbocycles. The Bertz CT molecular complexity index is 500. The van der Waals surface area contributed by atoms with Crippen molar-refractivity contribution in [2.24, 2.45) is 0 Å². The highest BCUT2D eigenvalue weighted by molar-refractivity contribution is 8.00. The average molecular weight is 296 g/mol. The van der Waals surface area contributed by atoms with Crippen molar-refractivity contribution in [1.82, 2.24) is 10.5 Å². The quantitative estimate of drug-likeness (QED) is 0.839. The highest BCUT2D eigenvalue weighted by atomic mass is 32.2. The molecule has 2 atom stereocenters. The molecule has 0 unspecified atom stereocenters. The molecule has 0 spiro atoms. The van der Waals surface area contributed by atoms with Gasteiger partial charge in [0.25, 0.3) is 5.91 Å². The van der Waals surface area contributed by atoms with Crippen LogP contribution in [0.5, 0.6) is 0 Å². The van der Waals surface area contributed by atoms with Crippen LogP contribution in [0.4, 0.5) is 0 Å². The molecule has 1 amide bonds. The summed E-state index contributed by atoms with van der Waals surface area (Å²) < 4.78 is 5.16. The van der Waals surface area contributed by atoms with Crippen LogP contribution in [0.3, 0.4) is 0 Å². The third kappa shape index (κ3) is 2.72. The summed E-state index contributed by atoms with van der Waals surface area (Å²) in [5.74, 6) is 1.97. The zero-order chi connectivity index (χ0) is 14.2. The molecule has 2 aliphatic rings. The Morgan fingerprint density at radius 2 is 2.40 bits per heavy atom. The number of nitrogens with zero attached hydrogens (tertiary/aromatic N) is 1. The average Bonchev–Trinajstić information content (AvgIpc) is 3.18. The van der Waals surface area contributed by atoms with Crippen LogP contribution in [-0.4, -0.2) is 39.3 Å². The molecular weight excluding hydrogens is 276 g/mol. The zero-order valence-corrected chi connectivity index (χ0v) is 12.4. The molecule has 2 fully saturated rings. The second-order valence-electron chi connectivity index (χ2n) is 5.66. The predicted octanol–water partition coefficient (Wildman–Crippen LogP) is 1.93. The van der Waals surface area contributed by atoms with E-state index in [0.717, 1.165) is 37.2 Å². The van der Waals surface area contributed by atoms with Crippen LogP contribution < -0.4 is 5.32 Å². The number of thioether (sulfide) groups is 1. The summed E-state index contributed by atoms with van der Waals surface area (Å²) in [6.07, 6.45) is 4.00. The minimum Gasteiger partial charge on any atom is -0.387 e. The minimum atomic E-state index is -0.764. The number of amides is 1. The highest BCUT2D eigenvalue weighted by Crippen LogP contribution is 2.41. The van der Waals surface area contributed by atoms with Crippen LogP contribution in [0.1, 0.15) is 54.8 Å². The van der Waals surface area contributed by atoms with Crippen molar-refractivity contribution in [2.45, 2.75) is 49.4 Å². The first-order valence-electron chi connectivity index (χ1n) is 7.21. The molecule has 0 radical (unpaired) electrons. The van der Waals surface area contributed by atoms with Gasteiger partial charge >= 0.3 is 0 Å². The molecule has 2 N–H and O–H groups in total. The maximum Gasteiger partial charge on any atom is 0.273 e. The zero-order valence-electron chi connectivity index (χ0n) is 11.6. The van der Waals surface area contributed by atoms with E-state index in [1.165, 1.54) is 0 Å². The van der Waals surface area contributed by atoms with Gasteiger partial charge in [-0.2, -0.15) is 11.8 Å². The van der Waals surface area contributed by atoms with Gasteiger partial charge in [-0.15, -0.1) is 0 Å². The predicted molar refractivity (Wildman–Crippen MR) is 76.9 cm³/mol. The summed E-state index contributed by atoms with van der Waals surface area (Å²) in [5, 5.41) is 17.2. The molecule has 1 heterocycles. The number of aliphatic hydroxyl groups is 1. The summed E-state index contributed by atoms with van der Waals surface area (Å²) in [6, 6.07) is 1.72. The first-order valence-corrected chi connectivity index (χ1v) is 8.26. The SMILES string of the molecule is CCS[C@H]1CC[C@]1(O)CNC(=O)c1cc(C2CC2)on1. The number of hydrogen-bond donors (Lipinski definition) is 2. The Balaban J connectivity index is 1.53. The smallest absolute Gasteiger partial charge is 0.273 e. The summed E-state index contributed by atoms with van der Waals surface area (Å²) in [7, 11) is 0. The molecule has 20 heavy (non-hydrogen) atoms. The van der Waals surface area contributed by atoms with Crippen LogP contribution in [0, 0.1) is 0 Å². The van der Waals surface area contributed by atoms with Gasteiger partial charge in [0.15, 0.2) is 5.69 Å². The van der Waals surface area contributed by atoms with Gasteiger partial charge in [-0.1, -0.05) is 12.1 Å². The largest absolute Gasteiger partial charge is 0.387 e. The van der Waals surface area contributed by atoms with Crippen molar-refractivity contribution < 1.29 is 14.4 Å². The van der Waals surface area contributed by atoms with Gasteiger partial charge in [-0.05, 0) is 31.4 Å². The fourth-order valence-electron chi connectivity index (χ4n) is 2.52. The van der Waals surface area contributed by atoms with Crippen molar-refractivity contribution in [3.8, 4) is 0 Å². The van der Waals surface area contributed by atoms with Crippen molar-refractivity contribution in [3.63, 3.8) is 0 Å². The molecule has 2 saturated carbocycles. The van der Waals surface area contributed by atoms with E-state index in [4.69, 9.17) is 4.52 Å². The van der Waals surface area contributed by atoms with Gasteiger partial charge in [0.05, 0.1) is 5.60 Å². The van der Waals surface area contributed by atoms with Gasteiger partial charge in [0.1, 0.15) is 5.76 Å².